The standard InChI is InChI=1S/C18H30O3/c1-15-8-4-6-12-10-16(15,2)18(20,11-21-3)17(14(12)15)9-5-7-13(17)19/h12-14,19-20H,4-11H2,1-3H3. The highest BCUT2D eigenvalue weighted by Crippen LogP contribution is 2.83. The van der Waals surface area contributed by atoms with E-state index in [9.17, 15) is 10.2 Å². The minimum absolute atomic E-state index is 0.118. The van der Waals surface area contributed by atoms with Crippen LogP contribution in [0, 0.1) is 28.1 Å². The number of rotatable bonds is 2. The molecular weight excluding hydrogens is 264 g/mol. The summed E-state index contributed by atoms with van der Waals surface area (Å²) in [4.78, 5) is 0. The van der Waals surface area contributed by atoms with Crippen LogP contribution in [0.1, 0.15) is 58.8 Å². The Labute approximate surface area is 128 Å². The van der Waals surface area contributed by atoms with E-state index in [2.05, 4.69) is 13.8 Å². The molecule has 2 N–H and O–H groups in total. The van der Waals surface area contributed by atoms with E-state index in [1.165, 1.54) is 19.3 Å². The first kappa shape index (κ1) is 14.5. The van der Waals surface area contributed by atoms with Crippen molar-refractivity contribution in [3.05, 3.63) is 0 Å². The van der Waals surface area contributed by atoms with Crippen molar-refractivity contribution in [2.75, 3.05) is 13.7 Å². The van der Waals surface area contributed by atoms with Crippen molar-refractivity contribution in [3.8, 4) is 0 Å². The van der Waals surface area contributed by atoms with Crippen LogP contribution < -0.4 is 0 Å². The van der Waals surface area contributed by atoms with Crippen LogP contribution >= 0.6 is 0 Å². The minimum atomic E-state index is -0.870. The highest BCUT2D eigenvalue weighted by atomic mass is 16.5. The maximum Gasteiger partial charge on any atom is 0.102 e. The van der Waals surface area contributed by atoms with Crippen molar-refractivity contribution >= 4 is 0 Å². The van der Waals surface area contributed by atoms with Crippen LogP contribution in [0.4, 0.5) is 0 Å². The van der Waals surface area contributed by atoms with Gasteiger partial charge in [-0.05, 0) is 42.9 Å². The zero-order chi connectivity index (χ0) is 15.1. The topological polar surface area (TPSA) is 49.7 Å². The van der Waals surface area contributed by atoms with Crippen LogP contribution in [0.3, 0.4) is 0 Å². The summed E-state index contributed by atoms with van der Waals surface area (Å²) >= 11 is 0. The summed E-state index contributed by atoms with van der Waals surface area (Å²) in [5.74, 6) is 1.17. The lowest BCUT2D eigenvalue weighted by molar-refractivity contribution is -0.222. The molecule has 0 aliphatic heterocycles. The fraction of sp³-hybridized carbons (Fsp3) is 1.00. The van der Waals surface area contributed by atoms with Gasteiger partial charge in [0.25, 0.3) is 0 Å². The Balaban J connectivity index is 1.94. The predicted octanol–water partition coefficient (Wildman–Crippen LogP) is 2.74. The fourth-order valence-electron chi connectivity index (χ4n) is 7.93. The first-order valence-corrected chi connectivity index (χ1v) is 8.77. The lowest BCUT2D eigenvalue weighted by Gasteiger charge is -2.55. The van der Waals surface area contributed by atoms with Crippen molar-refractivity contribution in [1.29, 1.82) is 0 Å². The second-order valence-corrected chi connectivity index (χ2v) is 8.83. The molecule has 4 aliphatic carbocycles. The zero-order valence-corrected chi connectivity index (χ0v) is 13.7. The Morgan fingerprint density at radius 3 is 2.48 bits per heavy atom. The van der Waals surface area contributed by atoms with E-state index in [0.29, 0.717) is 18.4 Å². The van der Waals surface area contributed by atoms with Gasteiger partial charge in [-0.15, -0.1) is 0 Å². The highest BCUT2D eigenvalue weighted by molar-refractivity contribution is 5.33. The van der Waals surface area contributed by atoms with Crippen molar-refractivity contribution < 1.29 is 14.9 Å². The summed E-state index contributed by atoms with van der Waals surface area (Å²) in [5.41, 5.74) is -1.15. The second kappa shape index (κ2) is 4.04. The quantitative estimate of drug-likeness (QED) is 0.823. The fourth-order valence-corrected chi connectivity index (χ4v) is 7.93. The van der Waals surface area contributed by atoms with Crippen LogP contribution in [-0.4, -0.2) is 35.6 Å². The lowest BCUT2D eigenvalue weighted by atomic mass is 9.54. The van der Waals surface area contributed by atoms with E-state index in [4.69, 9.17) is 4.74 Å². The molecule has 21 heavy (non-hydrogen) atoms. The van der Waals surface area contributed by atoms with Gasteiger partial charge in [-0.3, -0.25) is 0 Å². The summed E-state index contributed by atoms with van der Waals surface area (Å²) < 4.78 is 5.51. The van der Waals surface area contributed by atoms with Gasteiger partial charge in [0.05, 0.1) is 12.7 Å². The molecule has 1 spiro atoms. The molecular formula is C18H30O3. The maximum atomic E-state index is 11.9. The molecule has 0 aromatic heterocycles. The van der Waals surface area contributed by atoms with Crippen LogP contribution in [-0.2, 0) is 4.74 Å². The Morgan fingerprint density at radius 1 is 1.14 bits per heavy atom. The smallest absolute Gasteiger partial charge is 0.102 e. The van der Waals surface area contributed by atoms with Gasteiger partial charge in [-0.2, -0.15) is 0 Å². The summed E-state index contributed by atoms with van der Waals surface area (Å²) in [6, 6.07) is 0. The largest absolute Gasteiger partial charge is 0.392 e. The van der Waals surface area contributed by atoms with Crippen molar-refractivity contribution in [3.63, 3.8) is 0 Å². The third kappa shape index (κ3) is 1.23. The molecule has 4 rings (SSSR count). The summed E-state index contributed by atoms with van der Waals surface area (Å²) in [6.45, 7) is 5.07. The molecule has 0 radical (unpaired) electrons. The van der Waals surface area contributed by atoms with Gasteiger partial charge in [0.1, 0.15) is 5.60 Å². The van der Waals surface area contributed by atoms with E-state index in [1.54, 1.807) is 7.11 Å². The van der Waals surface area contributed by atoms with Gasteiger partial charge in [0, 0.05) is 17.9 Å². The van der Waals surface area contributed by atoms with Crippen molar-refractivity contribution in [2.24, 2.45) is 28.1 Å². The average molecular weight is 294 g/mol. The molecule has 4 saturated carbocycles. The second-order valence-electron chi connectivity index (χ2n) is 8.83. The van der Waals surface area contributed by atoms with Gasteiger partial charge in [-0.1, -0.05) is 33.1 Å². The molecule has 0 aromatic carbocycles. The molecule has 0 amide bonds. The maximum absolute atomic E-state index is 11.9. The molecule has 7 unspecified atom stereocenters. The Bertz CT molecular complexity index is 465. The lowest BCUT2D eigenvalue weighted by Crippen LogP contribution is -2.63. The first-order valence-electron chi connectivity index (χ1n) is 8.77. The summed E-state index contributed by atoms with van der Waals surface area (Å²) in [6.07, 6.45) is 7.39. The normalized spacial score (nSPS) is 61.9. The SMILES string of the molecule is COCC1(O)C2(CCCC2O)C2C3CCCC2(C)C1(C)C3. The first-order chi connectivity index (χ1) is 9.87. The van der Waals surface area contributed by atoms with Gasteiger partial charge < -0.3 is 14.9 Å². The molecule has 4 bridgehead atoms. The molecule has 4 fully saturated rings. The molecule has 7 atom stereocenters. The summed E-state index contributed by atoms with van der Waals surface area (Å²) in [7, 11) is 1.69. The van der Waals surface area contributed by atoms with Gasteiger partial charge in [0.15, 0.2) is 0 Å². The predicted molar refractivity (Wildman–Crippen MR) is 80.8 cm³/mol. The molecule has 0 saturated heterocycles. The van der Waals surface area contributed by atoms with E-state index in [0.717, 1.165) is 25.7 Å². The van der Waals surface area contributed by atoms with Crippen molar-refractivity contribution in [1.82, 2.24) is 0 Å². The van der Waals surface area contributed by atoms with Crippen LogP contribution in [0.2, 0.25) is 0 Å². The monoisotopic (exact) mass is 294 g/mol. The van der Waals surface area contributed by atoms with Crippen LogP contribution in [0.25, 0.3) is 0 Å². The van der Waals surface area contributed by atoms with E-state index < -0.39 is 5.60 Å². The Hall–Kier alpha value is -0.120. The number of hydrogen-bond acceptors (Lipinski definition) is 3. The Kier molecular flexibility index (Phi) is 2.78. The van der Waals surface area contributed by atoms with Crippen LogP contribution in [0.15, 0.2) is 0 Å². The van der Waals surface area contributed by atoms with Crippen LogP contribution in [0.5, 0.6) is 0 Å². The third-order valence-electron chi connectivity index (χ3n) is 8.61. The average Bonchev–Trinajstić information content (AvgIpc) is 2.89. The summed E-state index contributed by atoms with van der Waals surface area (Å²) in [5, 5.41) is 22.8. The molecule has 3 heteroatoms. The molecule has 3 nitrogen and oxygen atoms in total. The number of hydrogen-bond donors (Lipinski definition) is 2. The number of aliphatic hydroxyl groups excluding tert-OH is 1. The third-order valence-corrected chi connectivity index (χ3v) is 8.61. The number of ether oxygens (including phenoxy) is 1. The molecule has 4 aliphatic rings. The van der Waals surface area contributed by atoms with Gasteiger partial charge >= 0.3 is 0 Å². The molecule has 120 valence electrons. The van der Waals surface area contributed by atoms with E-state index in [1.807, 2.05) is 0 Å². The molecule has 0 heterocycles. The van der Waals surface area contributed by atoms with E-state index in [-0.39, 0.29) is 22.3 Å². The minimum Gasteiger partial charge on any atom is -0.392 e. The van der Waals surface area contributed by atoms with Gasteiger partial charge in [-0.25, -0.2) is 0 Å². The molecule has 0 aromatic rings. The van der Waals surface area contributed by atoms with E-state index >= 15 is 0 Å². The number of aliphatic hydroxyl groups is 2. The van der Waals surface area contributed by atoms with Gasteiger partial charge in [0.2, 0.25) is 0 Å². The Morgan fingerprint density at radius 2 is 1.86 bits per heavy atom. The van der Waals surface area contributed by atoms with Crippen molar-refractivity contribution in [2.45, 2.75) is 70.5 Å². The zero-order valence-electron chi connectivity index (χ0n) is 13.7. The number of methoxy groups -OCH3 is 1. The highest BCUT2D eigenvalue weighted by Gasteiger charge is 2.84.